The third kappa shape index (κ3) is 5.82. The van der Waals surface area contributed by atoms with E-state index in [9.17, 15) is 9.59 Å². The molecule has 2 aromatic rings. The maximum absolute atomic E-state index is 12.9. The van der Waals surface area contributed by atoms with Crippen LogP contribution in [0.15, 0.2) is 32.6 Å². The van der Waals surface area contributed by atoms with Crippen LogP contribution in [0.3, 0.4) is 0 Å². The van der Waals surface area contributed by atoms with E-state index in [-0.39, 0.29) is 17.2 Å². The van der Waals surface area contributed by atoms with Gasteiger partial charge in [0.2, 0.25) is 5.91 Å². The van der Waals surface area contributed by atoms with Crippen molar-refractivity contribution in [2.24, 2.45) is 5.92 Å². The van der Waals surface area contributed by atoms with E-state index in [1.54, 1.807) is 17.7 Å². The second kappa shape index (κ2) is 10.1. The number of fused-ring (bicyclic) bond motifs is 1. The summed E-state index contributed by atoms with van der Waals surface area (Å²) in [5, 5.41) is 4.00. The predicted octanol–water partition coefficient (Wildman–Crippen LogP) is 3.06. The first kappa shape index (κ1) is 20.9. The first-order chi connectivity index (χ1) is 12.4. The van der Waals surface area contributed by atoms with Crippen molar-refractivity contribution in [2.75, 3.05) is 26.0 Å². The summed E-state index contributed by atoms with van der Waals surface area (Å²) in [4.78, 5) is 29.5. The molecule has 0 radical (unpaired) electrons. The number of thioether (sulfide) groups is 1. The van der Waals surface area contributed by atoms with E-state index >= 15 is 0 Å². The maximum atomic E-state index is 12.9. The molecule has 1 N–H and O–H groups in total. The van der Waals surface area contributed by atoms with Crippen LogP contribution in [0.25, 0.3) is 10.9 Å². The largest absolute Gasteiger partial charge is 0.385 e. The molecule has 0 aliphatic heterocycles. The number of methoxy groups -OCH3 is 1. The second-order valence-electron chi connectivity index (χ2n) is 6.35. The lowest BCUT2D eigenvalue weighted by molar-refractivity contribution is -0.118. The summed E-state index contributed by atoms with van der Waals surface area (Å²) in [5.74, 6) is 0.438. The number of amides is 1. The number of nitrogens with one attached hydrogen (secondary N) is 1. The van der Waals surface area contributed by atoms with Gasteiger partial charge in [0.1, 0.15) is 0 Å². The molecule has 0 atom stereocenters. The molecule has 1 aromatic heterocycles. The highest BCUT2D eigenvalue weighted by molar-refractivity contribution is 9.10. The Hall–Kier alpha value is -1.38. The average Bonchev–Trinajstić information content (AvgIpc) is 2.60. The van der Waals surface area contributed by atoms with Crippen LogP contribution >= 0.6 is 27.7 Å². The first-order valence-electron chi connectivity index (χ1n) is 8.51. The number of hydrogen-bond donors (Lipinski definition) is 1. The third-order valence-electron chi connectivity index (χ3n) is 3.61. The zero-order valence-electron chi connectivity index (χ0n) is 15.3. The van der Waals surface area contributed by atoms with E-state index in [1.165, 1.54) is 11.8 Å². The van der Waals surface area contributed by atoms with Crippen molar-refractivity contribution in [1.82, 2.24) is 14.9 Å². The summed E-state index contributed by atoms with van der Waals surface area (Å²) in [5.41, 5.74) is 0.564. The van der Waals surface area contributed by atoms with E-state index in [2.05, 4.69) is 40.1 Å². The number of carbonyl (C=O) groups is 1. The van der Waals surface area contributed by atoms with Crippen LogP contribution in [-0.4, -0.2) is 41.5 Å². The van der Waals surface area contributed by atoms with Gasteiger partial charge in [0.25, 0.3) is 5.56 Å². The molecule has 0 fully saturated rings. The SMILES string of the molecule is COCCCNC(=O)CSc1nc2ccc(Br)cc2c(=O)n1CC(C)C. The van der Waals surface area contributed by atoms with Gasteiger partial charge in [-0.25, -0.2) is 4.98 Å². The van der Waals surface area contributed by atoms with Crippen molar-refractivity contribution in [3.8, 4) is 0 Å². The van der Waals surface area contributed by atoms with Crippen LogP contribution < -0.4 is 10.9 Å². The lowest BCUT2D eigenvalue weighted by Crippen LogP contribution is -2.28. The minimum atomic E-state index is -0.0765. The summed E-state index contributed by atoms with van der Waals surface area (Å²) in [6, 6.07) is 5.46. The minimum absolute atomic E-state index is 0.0759. The van der Waals surface area contributed by atoms with Crippen LogP contribution in [0.1, 0.15) is 20.3 Å². The van der Waals surface area contributed by atoms with Gasteiger partial charge in [0.15, 0.2) is 5.16 Å². The van der Waals surface area contributed by atoms with Crippen LogP contribution in [0.2, 0.25) is 0 Å². The Morgan fingerprint density at radius 1 is 1.42 bits per heavy atom. The quantitative estimate of drug-likeness (QED) is 0.367. The monoisotopic (exact) mass is 441 g/mol. The number of aromatic nitrogens is 2. The number of nitrogens with zero attached hydrogens (tertiary/aromatic N) is 2. The molecule has 1 heterocycles. The van der Waals surface area contributed by atoms with E-state index in [1.807, 2.05) is 12.1 Å². The fraction of sp³-hybridized carbons (Fsp3) is 0.500. The van der Waals surface area contributed by atoms with Crippen LogP contribution in [0.4, 0.5) is 0 Å². The molecule has 0 saturated carbocycles. The Morgan fingerprint density at radius 3 is 2.88 bits per heavy atom. The molecule has 0 bridgehead atoms. The second-order valence-corrected chi connectivity index (χ2v) is 8.21. The standard InChI is InChI=1S/C18H24BrN3O3S/c1-12(2)10-22-17(24)14-9-13(19)5-6-15(14)21-18(22)26-11-16(23)20-7-4-8-25-3/h5-6,9,12H,4,7-8,10-11H2,1-3H3,(H,20,23). The van der Waals surface area contributed by atoms with Gasteiger partial charge in [-0.05, 0) is 30.5 Å². The Labute approximate surface area is 165 Å². The van der Waals surface area contributed by atoms with Crippen molar-refractivity contribution >= 4 is 44.5 Å². The summed E-state index contributed by atoms with van der Waals surface area (Å²) in [7, 11) is 1.63. The number of ether oxygens (including phenoxy) is 1. The topological polar surface area (TPSA) is 73.2 Å². The van der Waals surface area contributed by atoms with Crippen LogP contribution in [-0.2, 0) is 16.1 Å². The van der Waals surface area contributed by atoms with E-state index < -0.39 is 0 Å². The number of halogens is 1. The summed E-state index contributed by atoms with van der Waals surface area (Å²) in [6.45, 7) is 5.85. The Bertz CT molecular complexity index is 823. The highest BCUT2D eigenvalue weighted by Gasteiger charge is 2.14. The maximum Gasteiger partial charge on any atom is 0.262 e. The Kier molecular flexibility index (Phi) is 8.12. The number of rotatable bonds is 9. The van der Waals surface area contributed by atoms with Gasteiger partial charge in [-0.15, -0.1) is 0 Å². The number of hydrogen-bond acceptors (Lipinski definition) is 5. The number of carbonyl (C=O) groups excluding carboxylic acids is 1. The third-order valence-corrected chi connectivity index (χ3v) is 5.08. The molecule has 1 amide bonds. The normalized spacial score (nSPS) is 11.3. The smallest absolute Gasteiger partial charge is 0.262 e. The first-order valence-corrected chi connectivity index (χ1v) is 10.3. The van der Waals surface area contributed by atoms with Crippen molar-refractivity contribution in [3.63, 3.8) is 0 Å². The van der Waals surface area contributed by atoms with Crippen molar-refractivity contribution in [1.29, 1.82) is 0 Å². The molecule has 26 heavy (non-hydrogen) atoms. The molecule has 0 aliphatic carbocycles. The molecular weight excluding hydrogens is 418 g/mol. The highest BCUT2D eigenvalue weighted by Crippen LogP contribution is 2.21. The van der Waals surface area contributed by atoms with Crippen LogP contribution in [0, 0.1) is 5.92 Å². The van der Waals surface area contributed by atoms with Gasteiger partial charge in [-0.2, -0.15) is 0 Å². The molecular formula is C18H24BrN3O3S. The molecule has 0 unspecified atom stereocenters. The molecule has 2 rings (SSSR count). The van der Waals surface area contributed by atoms with Gasteiger partial charge >= 0.3 is 0 Å². The molecule has 0 spiro atoms. The van der Waals surface area contributed by atoms with Crippen molar-refractivity contribution in [2.45, 2.75) is 32.0 Å². The zero-order chi connectivity index (χ0) is 19.1. The zero-order valence-corrected chi connectivity index (χ0v) is 17.7. The summed E-state index contributed by atoms with van der Waals surface area (Å²) < 4.78 is 7.47. The Morgan fingerprint density at radius 2 is 2.19 bits per heavy atom. The van der Waals surface area contributed by atoms with Gasteiger partial charge < -0.3 is 10.1 Å². The van der Waals surface area contributed by atoms with Crippen molar-refractivity contribution < 1.29 is 9.53 Å². The highest BCUT2D eigenvalue weighted by atomic mass is 79.9. The lowest BCUT2D eigenvalue weighted by Gasteiger charge is -2.15. The molecule has 0 aliphatic rings. The minimum Gasteiger partial charge on any atom is -0.385 e. The van der Waals surface area contributed by atoms with E-state index in [0.29, 0.717) is 41.7 Å². The van der Waals surface area contributed by atoms with Gasteiger partial charge in [0, 0.05) is 31.3 Å². The average molecular weight is 442 g/mol. The molecule has 142 valence electrons. The predicted molar refractivity (Wildman–Crippen MR) is 109 cm³/mol. The summed E-state index contributed by atoms with van der Waals surface area (Å²) in [6.07, 6.45) is 0.772. The van der Waals surface area contributed by atoms with E-state index in [0.717, 1.165) is 10.9 Å². The molecule has 6 nitrogen and oxygen atoms in total. The lowest BCUT2D eigenvalue weighted by atomic mass is 10.2. The van der Waals surface area contributed by atoms with Gasteiger partial charge in [0.05, 0.1) is 16.7 Å². The van der Waals surface area contributed by atoms with Gasteiger partial charge in [-0.3, -0.25) is 14.2 Å². The number of benzene rings is 1. The van der Waals surface area contributed by atoms with Gasteiger partial charge in [-0.1, -0.05) is 41.5 Å². The van der Waals surface area contributed by atoms with Crippen molar-refractivity contribution in [3.05, 3.63) is 33.0 Å². The fourth-order valence-corrected chi connectivity index (χ4v) is 3.63. The van der Waals surface area contributed by atoms with E-state index in [4.69, 9.17) is 4.74 Å². The molecule has 1 aromatic carbocycles. The fourth-order valence-electron chi connectivity index (χ4n) is 2.43. The molecule has 0 saturated heterocycles. The van der Waals surface area contributed by atoms with Crippen LogP contribution in [0.5, 0.6) is 0 Å². The summed E-state index contributed by atoms with van der Waals surface area (Å²) >= 11 is 4.69. The Balaban J connectivity index is 2.20. The molecule has 8 heteroatoms.